The molecule has 0 N–H and O–H groups in total. The lowest BCUT2D eigenvalue weighted by atomic mass is 10.1. The zero-order chi connectivity index (χ0) is 9.90. The number of hydrogen-bond acceptors (Lipinski definition) is 2. The van der Waals surface area contributed by atoms with Gasteiger partial charge in [0.1, 0.15) is 0 Å². The van der Waals surface area contributed by atoms with E-state index in [2.05, 4.69) is 6.92 Å². The van der Waals surface area contributed by atoms with Crippen LogP contribution in [0.5, 0.6) is 0 Å². The molecule has 0 fully saturated rings. The Bertz CT molecular complexity index is 362. The van der Waals surface area contributed by atoms with Crippen molar-refractivity contribution in [2.24, 2.45) is 0 Å². The van der Waals surface area contributed by atoms with Gasteiger partial charge in [-0.05, 0) is 17.5 Å². The molecule has 72 valence electrons. The molecule has 0 spiro atoms. The van der Waals surface area contributed by atoms with Gasteiger partial charge in [0, 0.05) is 6.26 Å². The molecule has 2 nitrogen and oxygen atoms in total. The molecule has 13 heavy (non-hydrogen) atoms. The zero-order valence-electron chi connectivity index (χ0n) is 7.95. The van der Waals surface area contributed by atoms with Gasteiger partial charge in [0.2, 0.25) is 0 Å². The van der Waals surface area contributed by atoms with E-state index in [9.17, 15) is 8.42 Å². The third kappa shape index (κ3) is 3.59. The maximum atomic E-state index is 11.0. The fraction of sp³-hybridized carbons (Fsp3) is 0.400. The Morgan fingerprint density at radius 1 is 1.08 bits per heavy atom. The average molecular weight is 198 g/mol. The second kappa shape index (κ2) is 3.92. The third-order valence-corrected chi connectivity index (χ3v) is 2.72. The van der Waals surface area contributed by atoms with Gasteiger partial charge in [-0.15, -0.1) is 0 Å². The van der Waals surface area contributed by atoms with Crippen LogP contribution >= 0.6 is 0 Å². The summed E-state index contributed by atoms with van der Waals surface area (Å²) in [6.07, 6.45) is 2.24. The summed E-state index contributed by atoms with van der Waals surface area (Å²) in [5.74, 6) is 0.136. The molecule has 0 saturated heterocycles. The van der Waals surface area contributed by atoms with Crippen LogP contribution in [-0.2, 0) is 22.0 Å². The van der Waals surface area contributed by atoms with Crippen LogP contribution in [0.25, 0.3) is 0 Å². The number of hydrogen-bond donors (Lipinski definition) is 0. The van der Waals surface area contributed by atoms with Gasteiger partial charge >= 0.3 is 0 Å². The standard InChI is InChI=1S/C10H14O2S/c1-3-9-4-6-10(7-5-9)8-13(2,11)12/h4-7H,3,8H2,1-2H3. The molecule has 1 aromatic rings. The molecule has 0 atom stereocenters. The van der Waals surface area contributed by atoms with Crippen LogP contribution < -0.4 is 0 Å². The third-order valence-electron chi connectivity index (χ3n) is 1.86. The zero-order valence-corrected chi connectivity index (χ0v) is 8.76. The molecular formula is C10H14O2S. The van der Waals surface area contributed by atoms with E-state index in [0.29, 0.717) is 0 Å². The molecule has 0 radical (unpaired) electrons. The van der Waals surface area contributed by atoms with Gasteiger partial charge in [0.25, 0.3) is 0 Å². The maximum Gasteiger partial charge on any atom is 0.151 e. The molecule has 0 aliphatic rings. The van der Waals surface area contributed by atoms with Crippen molar-refractivity contribution in [2.75, 3.05) is 6.26 Å². The monoisotopic (exact) mass is 198 g/mol. The summed E-state index contributed by atoms with van der Waals surface area (Å²) in [6, 6.07) is 7.70. The van der Waals surface area contributed by atoms with Crippen molar-refractivity contribution in [1.82, 2.24) is 0 Å². The van der Waals surface area contributed by atoms with Crippen molar-refractivity contribution in [3.05, 3.63) is 35.4 Å². The SMILES string of the molecule is CCc1ccc(CS(C)(=O)=O)cc1. The average Bonchev–Trinajstić information content (AvgIpc) is 2.03. The van der Waals surface area contributed by atoms with Crippen LogP contribution in [0.4, 0.5) is 0 Å². The smallest absolute Gasteiger partial charge is 0.151 e. The van der Waals surface area contributed by atoms with E-state index in [1.165, 1.54) is 11.8 Å². The summed E-state index contributed by atoms with van der Waals surface area (Å²) < 4.78 is 21.9. The van der Waals surface area contributed by atoms with Gasteiger partial charge in [-0.1, -0.05) is 31.2 Å². The first-order valence-corrected chi connectivity index (χ1v) is 6.33. The molecular weight excluding hydrogens is 184 g/mol. The van der Waals surface area contributed by atoms with Crippen molar-refractivity contribution < 1.29 is 8.42 Å². The lowest BCUT2D eigenvalue weighted by Gasteiger charge is -2.00. The van der Waals surface area contributed by atoms with Crippen molar-refractivity contribution in [1.29, 1.82) is 0 Å². The Kier molecular flexibility index (Phi) is 3.09. The predicted molar refractivity (Wildman–Crippen MR) is 54.4 cm³/mol. The summed E-state index contributed by atoms with van der Waals surface area (Å²) in [6.45, 7) is 2.07. The van der Waals surface area contributed by atoms with Crippen LogP contribution in [0.2, 0.25) is 0 Å². The quantitative estimate of drug-likeness (QED) is 0.742. The highest BCUT2D eigenvalue weighted by molar-refractivity contribution is 7.89. The number of benzene rings is 1. The Morgan fingerprint density at radius 2 is 1.54 bits per heavy atom. The van der Waals surface area contributed by atoms with Crippen molar-refractivity contribution in [3.8, 4) is 0 Å². The molecule has 0 aliphatic heterocycles. The number of aryl methyl sites for hydroxylation is 1. The van der Waals surface area contributed by atoms with Gasteiger partial charge in [0.15, 0.2) is 9.84 Å². The topological polar surface area (TPSA) is 34.1 Å². The second-order valence-corrected chi connectivity index (χ2v) is 5.38. The molecule has 0 saturated carbocycles. The highest BCUT2D eigenvalue weighted by Gasteiger charge is 2.03. The normalized spacial score (nSPS) is 11.5. The fourth-order valence-electron chi connectivity index (χ4n) is 1.17. The van der Waals surface area contributed by atoms with E-state index >= 15 is 0 Å². The van der Waals surface area contributed by atoms with Crippen LogP contribution in [0, 0.1) is 0 Å². The number of sulfone groups is 1. The summed E-state index contributed by atoms with van der Waals surface area (Å²) in [4.78, 5) is 0. The van der Waals surface area contributed by atoms with E-state index in [0.717, 1.165) is 12.0 Å². The molecule has 0 aromatic heterocycles. The van der Waals surface area contributed by atoms with E-state index in [1.54, 1.807) is 0 Å². The summed E-state index contributed by atoms with van der Waals surface area (Å²) >= 11 is 0. The minimum Gasteiger partial charge on any atom is -0.229 e. The van der Waals surface area contributed by atoms with Gasteiger partial charge in [-0.2, -0.15) is 0 Å². The molecule has 0 amide bonds. The predicted octanol–water partition coefficient (Wildman–Crippen LogP) is 1.79. The van der Waals surface area contributed by atoms with Gasteiger partial charge < -0.3 is 0 Å². The largest absolute Gasteiger partial charge is 0.229 e. The van der Waals surface area contributed by atoms with Crippen LogP contribution in [-0.4, -0.2) is 14.7 Å². The van der Waals surface area contributed by atoms with Crippen LogP contribution in [0.1, 0.15) is 18.1 Å². The lowest BCUT2D eigenvalue weighted by Crippen LogP contribution is -2.00. The molecule has 0 aliphatic carbocycles. The minimum atomic E-state index is -2.90. The molecule has 3 heteroatoms. The first kappa shape index (κ1) is 10.3. The summed E-state index contributed by atoms with van der Waals surface area (Å²) in [5, 5.41) is 0. The minimum absolute atomic E-state index is 0.136. The van der Waals surface area contributed by atoms with Gasteiger partial charge in [-0.3, -0.25) is 0 Å². The summed E-state index contributed by atoms with van der Waals surface area (Å²) in [7, 11) is -2.90. The highest BCUT2D eigenvalue weighted by Crippen LogP contribution is 2.07. The van der Waals surface area contributed by atoms with E-state index < -0.39 is 9.84 Å². The first-order valence-electron chi connectivity index (χ1n) is 4.27. The summed E-state index contributed by atoms with van der Waals surface area (Å²) in [5.41, 5.74) is 2.09. The second-order valence-electron chi connectivity index (χ2n) is 3.24. The van der Waals surface area contributed by atoms with Crippen LogP contribution in [0.15, 0.2) is 24.3 Å². The lowest BCUT2D eigenvalue weighted by molar-refractivity contribution is 0.601. The van der Waals surface area contributed by atoms with Gasteiger partial charge in [0.05, 0.1) is 5.75 Å². The van der Waals surface area contributed by atoms with Crippen LogP contribution in [0.3, 0.4) is 0 Å². The van der Waals surface area contributed by atoms with E-state index in [4.69, 9.17) is 0 Å². The highest BCUT2D eigenvalue weighted by atomic mass is 32.2. The van der Waals surface area contributed by atoms with Crippen molar-refractivity contribution in [3.63, 3.8) is 0 Å². The van der Waals surface area contributed by atoms with Crippen molar-refractivity contribution >= 4 is 9.84 Å². The molecule has 1 rings (SSSR count). The molecule has 0 unspecified atom stereocenters. The molecule has 0 heterocycles. The fourth-order valence-corrected chi connectivity index (χ4v) is 1.97. The number of rotatable bonds is 3. The Morgan fingerprint density at radius 3 is 1.92 bits per heavy atom. The van der Waals surface area contributed by atoms with Gasteiger partial charge in [-0.25, -0.2) is 8.42 Å². The maximum absolute atomic E-state index is 11.0. The molecule has 0 bridgehead atoms. The Balaban J connectivity index is 2.81. The first-order chi connectivity index (χ1) is 6.01. The van der Waals surface area contributed by atoms with Crippen molar-refractivity contribution in [2.45, 2.75) is 19.1 Å². The molecule has 1 aromatic carbocycles. The Labute approximate surface area is 79.5 Å². The Hall–Kier alpha value is -0.830. The van der Waals surface area contributed by atoms with E-state index in [-0.39, 0.29) is 5.75 Å². The van der Waals surface area contributed by atoms with E-state index in [1.807, 2.05) is 24.3 Å².